The van der Waals surface area contributed by atoms with E-state index in [2.05, 4.69) is 5.32 Å². The Balaban J connectivity index is 2.47. The second-order valence-electron chi connectivity index (χ2n) is 5.45. The number of nitrogens with one attached hydrogen (secondary N) is 1. The normalized spacial score (nSPS) is 27.2. The molecule has 2 atom stereocenters. The third-order valence-electron chi connectivity index (χ3n) is 3.82. The highest BCUT2D eigenvalue weighted by atomic mass is 19.1. The van der Waals surface area contributed by atoms with E-state index in [0.29, 0.717) is 12.0 Å². The first-order chi connectivity index (χ1) is 8.98. The highest BCUT2D eigenvalue weighted by Gasteiger charge is 2.46. The summed E-state index contributed by atoms with van der Waals surface area (Å²) in [4.78, 5) is 23.7. The van der Waals surface area contributed by atoms with Gasteiger partial charge in [0.15, 0.2) is 0 Å². The maximum absolute atomic E-state index is 14.0. The van der Waals surface area contributed by atoms with Gasteiger partial charge in [-0.1, -0.05) is 38.5 Å². The van der Waals surface area contributed by atoms with E-state index in [9.17, 15) is 14.0 Å². The Morgan fingerprint density at radius 1 is 1.37 bits per heavy atom. The largest absolute Gasteiger partial charge is 0.296 e. The summed E-state index contributed by atoms with van der Waals surface area (Å²) >= 11 is 0. The van der Waals surface area contributed by atoms with Crippen molar-refractivity contribution in [1.29, 1.82) is 0 Å². The number of rotatable bonds is 3. The number of imide groups is 1. The molecule has 2 unspecified atom stereocenters. The number of amides is 2. The predicted octanol–water partition coefficient (Wildman–Crippen LogP) is 2.76. The molecule has 1 heterocycles. The Morgan fingerprint density at radius 2 is 2.05 bits per heavy atom. The molecule has 1 N–H and O–H groups in total. The lowest BCUT2D eigenvalue weighted by atomic mass is 9.66. The number of halogens is 1. The molecular formula is C15H18FNO2. The number of benzene rings is 1. The molecule has 0 aromatic heterocycles. The Morgan fingerprint density at radius 3 is 2.68 bits per heavy atom. The molecule has 19 heavy (non-hydrogen) atoms. The summed E-state index contributed by atoms with van der Waals surface area (Å²) in [5.74, 6) is -1.66. The van der Waals surface area contributed by atoms with E-state index in [-0.39, 0.29) is 18.1 Å². The predicted molar refractivity (Wildman–Crippen MR) is 69.9 cm³/mol. The highest BCUT2D eigenvalue weighted by molar-refractivity contribution is 6.02. The molecule has 0 bridgehead atoms. The van der Waals surface area contributed by atoms with Gasteiger partial charge in [0.25, 0.3) is 0 Å². The van der Waals surface area contributed by atoms with E-state index >= 15 is 0 Å². The number of hydrogen-bond acceptors (Lipinski definition) is 2. The van der Waals surface area contributed by atoms with Gasteiger partial charge < -0.3 is 0 Å². The van der Waals surface area contributed by atoms with Crippen LogP contribution in [0.3, 0.4) is 0 Å². The molecule has 0 saturated carbocycles. The molecule has 0 spiro atoms. The van der Waals surface area contributed by atoms with Crippen molar-refractivity contribution in [3.8, 4) is 0 Å². The van der Waals surface area contributed by atoms with Crippen molar-refractivity contribution in [3.05, 3.63) is 35.6 Å². The summed E-state index contributed by atoms with van der Waals surface area (Å²) in [6.45, 7) is 3.89. The second kappa shape index (κ2) is 5.11. The zero-order chi connectivity index (χ0) is 14.0. The van der Waals surface area contributed by atoms with Crippen molar-refractivity contribution in [2.24, 2.45) is 5.41 Å². The van der Waals surface area contributed by atoms with Crippen molar-refractivity contribution in [2.75, 3.05) is 0 Å². The van der Waals surface area contributed by atoms with Crippen molar-refractivity contribution in [3.63, 3.8) is 0 Å². The van der Waals surface area contributed by atoms with E-state index in [1.807, 2.05) is 13.8 Å². The van der Waals surface area contributed by atoms with Gasteiger partial charge in [0.05, 0.1) is 5.92 Å². The number of hydrogen-bond donors (Lipinski definition) is 1. The Hall–Kier alpha value is -1.71. The third kappa shape index (κ3) is 2.53. The van der Waals surface area contributed by atoms with E-state index in [0.717, 1.165) is 6.42 Å². The quantitative estimate of drug-likeness (QED) is 0.852. The number of carbonyl (C=O) groups excluding carboxylic acids is 2. The van der Waals surface area contributed by atoms with Gasteiger partial charge in [-0.15, -0.1) is 0 Å². The first kappa shape index (κ1) is 13.7. The summed E-state index contributed by atoms with van der Waals surface area (Å²) < 4.78 is 14.0. The Labute approximate surface area is 112 Å². The zero-order valence-corrected chi connectivity index (χ0v) is 11.2. The van der Waals surface area contributed by atoms with Crippen LogP contribution in [-0.4, -0.2) is 11.8 Å². The SMILES string of the molecule is CCCC1(C)CC(=O)NC(=O)C1c1ccccc1F. The van der Waals surface area contributed by atoms with Crippen molar-refractivity contribution < 1.29 is 14.0 Å². The van der Waals surface area contributed by atoms with Gasteiger partial charge in [0, 0.05) is 12.0 Å². The fourth-order valence-corrected chi connectivity index (χ4v) is 3.07. The second-order valence-corrected chi connectivity index (χ2v) is 5.45. The number of carbonyl (C=O) groups is 2. The molecular weight excluding hydrogens is 245 g/mol. The van der Waals surface area contributed by atoms with Gasteiger partial charge in [0.1, 0.15) is 5.82 Å². The molecule has 1 aromatic rings. The van der Waals surface area contributed by atoms with Crippen molar-refractivity contribution >= 4 is 11.8 Å². The first-order valence-electron chi connectivity index (χ1n) is 6.56. The van der Waals surface area contributed by atoms with Crippen LogP contribution in [0.2, 0.25) is 0 Å². The summed E-state index contributed by atoms with van der Waals surface area (Å²) in [7, 11) is 0. The van der Waals surface area contributed by atoms with Gasteiger partial charge in [-0.3, -0.25) is 14.9 Å². The average molecular weight is 263 g/mol. The molecule has 4 heteroatoms. The zero-order valence-electron chi connectivity index (χ0n) is 11.2. The fraction of sp³-hybridized carbons (Fsp3) is 0.467. The summed E-state index contributed by atoms with van der Waals surface area (Å²) in [6, 6.07) is 6.30. The first-order valence-corrected chi connectivity index (χ1v) is 6.56. The molecule has 1 aliphatic heterocycles. The fourth-order valence-electron chi connectivity index (χ4n) is 3.07. The Kier molecular flexibility index (Phi) is 3.69. The van der Waals surface area contributed by atoms with Crippen LogP contribution < -0.4 is 5.32 Å². The number of piperidine rings is 1. The minimum atomic E-state index is -0.605. The third-order valence-corrected chi connectivity index (χ3v) is 3.82. The molecule has 0 radical (unpaired) electrons. The van der Waals surface area contributed by atoms with Crippen LogP contribution in [-0.2, 0) is 9.59 Å². The lowest BCUT2D eigenvalue weighted by Gasteiger charge is -2.40. The van der Waals surface area contributed by atoms with Crippen LogP contribution in [0.25, 0.3) is 0 Å². The van der Waals surface area contributed by atoms with Gasteiger partial charge >= 0.3 is 0 Å². The molecule has 2 rings (SSSR count). The van der Waals surface area contributed by atoms with Crippen LogP contribution in [0.4, 0.5) is 4.39 Å². The maximum atomic E-state index is 14.0. The van der Waals surface area contributed by atoms with Crippen LogP contribution in [0.15, 0.2) is 24.3 Å². The molecule has 0 aliphatic carbocycles. The minimum Gasteiger partial charge on any atom is -0.296 e. The minimum absolute atomic E-state index is 0.256. The monoisotopic (exact) mass is 263 g/mol. The van der Waals surface area contributed by atoms with Gasteiger partial charge in [-0.05, 0) is 17.9 Å². The van der Waals surface area contributed by atoms with Gasteiger partial charge in [0.2, 0.25) is 11.8 Å². The van der Waals surface area contributed by atoms with E-state index in [1.54, 1.807) is 18.2 Å². The molecule has 1 fully saturated rings. The van der Waals surface area contributed by atoms with Gasteiger partial charge in [-0.25, -0.2) is 4.39 Å². The molecule has 102 valence electrons. The molecule has 1 saturated heterocycles. The van der Waals surface area contributed by atoms with Crippen LogP contribution in [0.1, 0.15) is 44.6 Å². The average Bonchev–Trinajstić information content (AvgIpc) is 2.30. The summed E-state index contributed by atoms with van der Waals surface area (Å²) in [6.07, 6.45) is 1.82. The molecule has 1 aromatic carbocycles. The lowest BCUT2D eigenvalue weighted by Crippen LogP contribution is -2.49. The Bertz CT molecular complexity index is 515. The lowest BCUT2D eigenvalue weighted by molar-refractivity contribution is -0.139. The standard InChI is InChI=1S/C15H18FNO2/c1-3-8-15(2)9-12(18)17-14(19)13(15)10-6-4-5-7-11(10)16/h4-7,13H,3,8-9H2,1-2H3,(H,17,18,19). The van der Waals surface area contributed by atoms with Crippen molar-refractivity contribution in [2.45, 2.75) is 39.0 Å². The molecule has 3 nitrogen and oxygen atoms in total. The topological polar surface area (TPSA) is 46.2 Å². The van der Waals surface area contributed by atoms with Crippen molar-refractivity contribution in [1.82, 2.24) is 5.32 Å². The highest BCUT2D eigenvalue weighted by Crippen LogP contribution is 2.45. The smallest absolute Gasteiger partial charge is 0.234 e. The molecule has 2 amide bonds. The van der Waals surface area contributed by atoms with E-state index in [1.165, 1.54) is 6.07 Å². The van der Waals surface area contributed by atoms with E-state index in [4.69, 9.17) is 0 Å². The van der Waals surface area contributed by atoms with E-state index < -0.39 is 17.2 Å². The summed E-state index contributed by atoms with van der Waals surface area (Å²) in [5.41, 5.74) is -0.139. The van der Waals surface area contributed by atoms with Crippen LogP contribution in [0, 0.1) is 11.2 Å². The molecule has 1 aliphatic rings. The van der Waals surface area contributed by atoms with Crippen LogP contribution in [0.5, 0.6) is 0 Å². The summed E-state index contributed by atoms with van der Waals surface area (Å²) in [5, 5.41) is 2.32. The van der Waals surface area contributed by atoms with Crippen LogP contribution >= 0.6 is 0 Å². The maximum Gasteiger partial charge on any atom is 0.234 e. The van der Waals surface area contributed by atoms with Gasteiger partial charge in [-0.2, -0.15) is 0 Å².